The van der Waals surface area contributed by atoms with Gasteiger partial charge in [-0.15, -0.1) is 12.3 Å². The second-order valence-electron chi connectivity index (χ2n) is 3.08. The van der Waals surface area contributed by atoms with E-state index < -0.39 is 5.54 Å². The molecule has 1 rings (SSSR count). The van der Waals surface area contributed by atoms with Crippen LogP contribution < -0.4 is 5.09 Å². The molecule has 1 aliphatic heterocycles. The molecule has 4 heteroatoms. The SMILES string of the molecule is C#CCC1(NP)CCN(C)C1=O. The third-order valence-electron chi connectivity index (χ3n) is 2.31. The Morgan fingerprint density at radius 2 is 2.58 bits per heavy atom. The zero-order chi connectivity index (χ0) is 9.19. The van der Waals surface area contributed by atoms with E-state index in [1.54, 1.807) is 11.9 Å². The van der Waals surface area contributed by atoms with Crippen molar-refractivity contribution >= 4 is 15.3 Å². The van der Waals surface area contributed by atoms with Gasteiger partial charge in [0, 0.05) is 20.0 Å². The van der Waals surface area contributed by atoms with Gasteiger partial charge in [-0.2, -0.15) is 0 Å². The summed E-state index contributed by atoms with van der Waals surface area (Å²) >= 11 is 0. The van der Waals surface area contributed by atoms with E-state index in [0.717, 1.165) is 13.0 Å². The van der Waals surface area contributed by atoms with Gasteiger partial charge in [0.05, 0.1) is 0 Å². The van der Waals surface area contributed by atoms with Crippen LogP contribution in [0.5, 0.6) is 0 Å². The molecule has 0 spiro atoms. The number of likely N-dealkylation sites (tertiary alicyclic amines) is 1. The lowest BCUT2D eigenvalue weighted by atomic mass is 9.95. The van der Waals surface area contributed by atoms with E-state index in [2.05, 4.69) is 20.4 Å². The number of amides is 1. The van der Waals surface area contributed by atoms with Crippen LogP contribution in [0.2, 0.25) is 0 Å². The van der Waals surface area contributed by atoms with Crippen molar-refractivity contribution in [1.82, 2.24) is 9.99 Å². The van der Waals surface area contributed by atoms with Gasteiger partial charge in [0.1, 0.15) is 5.54 Å². The number of nitrogens with zero attached hydrogens (tertiary/aromatic N) is 1. The standard InChI is InChI=1S/C8H13N2OP/c1-3-4-8(9-12)5-6-10(2)7(8)11/h1,9H,4-6,12H2,2H3. The highest BCUT2D eigenvalue weighted by molar-refractivity contribution is 7.13. The molecule has 3 nitrogen and oxygen atoms in total. The Kier molecular flexibility index (Phi) is 2.72. The fraction of sp³-hybridized carbons (Fsp3) is 0.625. The Hall–Kier alpha value is -0.580. The third-order valence-corrected chi connectivity index (χ3v) is 2.86. The normalized spacial score (nSPS) is 29.1. The lowest BCUT2D eigenvalue weighted by Crippen LogP contribution is -2.46. The van der Waals surface area contributed by atoms with Crippen molar-refractivity contribution in [3.05, 3.63) is 0 Å². The number of carbonyl (C=O) groups is 1. The number of hydrogen-bond acceptors (Lipinski definition) is 2. The van der Waals surface area contributed by atoms with Crippen LogP contribution in [0.1, 0.15) is 12.8 Å². The molecule has 1 heterocycles. The summed E-state index contributed by atoms with van der Waals surface area (Å²) in [4.78, 5) is 13.3. The molecule has 0 radical (unpaired) electrons. The maximum atomic E-state index is 11.6. The molecular formula is C8H13N2OP. The van der Waals surface area contributed by atoms with E-state index in [1.165, 1.54) is 0 Å². The minimum absolute atomic E-state index is 0.0930. The molecule has 2 unspecified atom stereocenters. The first kappa shape index (κ1) is 9.51. The number of rotatable bonds is 2. The Morgan fingerprint density at radius 3 is 2.92 bits per heavy atom. The van der Waals surface area contributed by atoms with Crippen LogP contribution >= 0.6 is 9.39 Å². The molecule has 2 atom stereocenters. The van der Waals surface area contributed by atoms with Crippen molar-refractivity contribution in [2.24, 2.45) is 0 Å². The molecule has 0 aromatic heterocycles. The van der Waals surface area contributed by atoms with Crippen LogP contribution in [-0.4, -0.2) is 29.9 Å². The van der Waals surface area contributed by atoms with Crippen LogP contribution in [-0.2, 0) is 4.79 Å². The van der Waals surface area contributed by atoms with Crippen LogP contribution in [0.15, 0.2) is 0 Å². The number of terminal acetylenes is 1. The second kappa shape index (κ2) is 3.43. The van der Waals surface area contributed by atoms with E-state index in [-0.39, 0.29) is 5.91 Å². The molecule has 0 aromatic carbocycles. The molecule has 0 saturated carbocycles. The highest BCUT2D eigenvalue weighted by Gasteiger charge is 2.43. The van der Waals surface area contributed by atoms with E-state index in [4.69, 9.17) is 6.42 Å². The van der Waals surface area contributed by atoms with Crippen LogP contribution in [0.4, 0.5) is 0 Å². The third kappa shape index (κ3) is 1.33. The first-order chi connectivity index (χ1) is 5.66. The van der Waals surface area contributed by atoms with E-state index in [9.17, 15) is 4.79 Å². The molecule has 1 aliphatic rings. The second-order valence-corrected chi connectivity index (χ2v) is 3.37. The highest BCUT2D eigenvalue weighted by Crippen LogP contribution is 2.25. The lowest BCUT2D eigenvalue weighted by molar-refractivity contribution is -0.131. The summed E-state index contributed by atoms with van der Waals surface area (Å²) < 4.78 is 0. The zero-order valence-electron chi connectivity index (χ0n) is 7.13. The van der Waals surface area contributed by atoms with Crippen molar-refractivity contribution in [1.29, 1.82) is 0 Å². The summed E-state index contributed by atoms with van der Waals surface area (Å²) in [7, 11) is 4.17. The first-order valence-electron chi connectivity index (χ1n) is 3.83. The fourth-order valence-electron chi connectivity index (χ4n) is 1.46. The van der Waals surface area contributed by atoms with Gasteiger partial charge in [-0.1, -0.05) is 9.39 Å². The van der Waals surface area contributed by atoms with Gasteiger partial charge in [-0.05, 0) is 6.42 Å². The van der Waals surface area contributed by atoms with Crippen LogP contribution in [0.3, 0.4) is 0 Å². The number of hydrogen-bond donors (Lipinski definition) is 1. The smallest absolute Gasteiger partial charge is 0.243 e. The van der Waals surface area contributed by atoms with E-state index in [0.29, 0.717) is 6.42 Å². The fourth-order valence-corrected chi connectivity index (χ4v) is 1.83. The van der Waals surface area contributed by atoms with Crippen LogP contribution in [0, 0.1) is 12.3 Å². The van der Waals surface area contributed by atoms with Crippen molar-refractivity contribution in [2.75, 3.05) is 13.6 Å². The lowest BCUT2D eigenvalue weighted by Gasteiger charge is -2.23. The molecule has 1 amide bonds. The Labute approximate surface area is 75.1 Å². The summed E-state index contributed by atoms with van der Waals surface area (Å²) in [5.74, 6) is 2.62. The summed E-state index contributed by atoms with van der Waals surface area (Å²) in [5.41, 5.74) is -0.520. The van der Waals surface area contributed by atoms with Gasteiger partial charge in [-0.3, -0.25) is 9.88 Å². The monoisotopic (exact) mass is 184 g/mol. The van der Waals surface area contributed by atoms with Crippen molar-refractivity contribution in [3.8, 4) is 12.3 Å². The summed E-state index contributed by atoms with van der Waals surface area (Å²) in [5, 5.41) is 2.94. The van der Waals surface area contributed by atoms with Gasteiger partial charge in [-0.25, -0.2) is 0 Å². The molecular weight excluding hydrogens is 171 g/mol. The van der Waals surface area contributed by atoms with Crippen molar-refractivity contribution in [3.63, 3.8) is 0 Å². The molecule has 0 aromatic rings. The average molecular weight is 184 g/mol. The number of carbonyl (C=O) groups excluding carboxylic acids is 1. The number of likely N-dealkylation sites (N-methyl/N-ethyl adjacent to an activating group) is 1. The van der Waals surface area contributed by atoms with E-state index >= 15 is 0 Å². The minimum atomic E-state index is -0.520. The molecule has 0 bridgehead atoms. The first-order valence-corrected chi connectivity index (χ1v) is 4.41. The van der Waals surface area contributed by atoms with Gasteiger partial charge in [0.2, 0.25) is 5.91 Å². The highest BCUT2D eigenvalue weighted by atomic mass is 31.0. The average Bonchev–Trinajstić information content (AvgIpc) is 2.35. The summed E-state index contributed by atoms with van der Waals surface area (Å²) in [6, 6.07) is 0. The van der Waals surface area contributed by atoms with Gasteiger partial charge in [0.15, 0.2) is 0 Å². The Morgan fingerprint density at radius 1 is 1.92 bits per heavy atom. The summed E-state index contributed by atoms with van der Waals surface area (Å²) in [6.45, 7) is 0.780. The van der Waals surface area contributed by atoms with Gasteiger partial charge < -0.3 is 4.90 Å². The minimum Gasteiger partial charge on any atom is -0.344 e. The van der Waals surface area contributed by atoms with Crippen molar-refractivity contribution < 1.29 is 4.79 Å². The molecule has 1 saturated heterocycles. The topological polar surface area (TPSA) is 32.3 Å². The van der Waals surface area contributed by atoms with E-state index in [1.807, 2.05) is 0 Å². The molecule has 1 fully saturated rings. The molecule has 66 valence electrons. The maximum absolute atomic E-state index is 11.6. The van der Waals surface area contributed by atoms with Crippen LogP contribution in [0.25, 0.3) is 0 Å². The predicted octanol–water partition coefficient (Wildman–Crippen LogP) is -0.00970. The number of nitrogens with one attached hydrogen (secondary N) is 1. The Bertz CT molecular complexity index is 236. The van der Waals surface area contributed by atoms with Gasteiger partial charge >= 0.3 is 0 Å². The maximum Gasteiger partial charge on any atom is 0.243 e. The predicted molar refractivity (Wildman–Crippen MR) is 51.3 cm³/mol. The molecule has 0 aliphatic carbocycles. The van der Waals surface area contributed by atoms with Crippen molar-refractivity contribution in [2.45, 2.75) is 18.4 Å². The van der Waals surface area contributed by atoms with Gasteiger partial charge in [0.25, 0.3) is 0 Å². The Balaban J connectivity index is 2.82. The molecule has 12 heavy (non-hydrogen) atoms. The zero-order valence-corrected chi connectivity index (χ0v) is 8.29. The molecule has 1 N–H and O–H groups in total. The largest absolute Gasteiger partial charge is 0.344 e. The summed E-state index contributed by atoms with van der Waals surface area (Å²) in [6.07, 6.45) is 6.45. The quantitative estimate of drug-likeness (QED) is 0.483.